The van der Waals surface area contributed by atoms with Crippen molar-refractivity contribution in [3.05, 3.63) is 20.6 Å². The standard InChI is InChI=1S/C11H15BrN2OS/c1-7-10(12)11(16)14-9(13-7)6-8-4-2-3-5-15-8/h8H,2-6H2,1H3,(H,13,14,16). The molecular formula is C11H15BrN2OS. The number of nitrogens with zero attached hydrogens (tertiary/aromatic N) is 1. The molecule has 0 aromatic carbocycles. The monoisotopic (exact) mass is 302 g/mol. The number of ether oxygens (including phenoxy) is 1. The van der Waals surface area contributed by atoms with Crippen molar-refractivity contribution < 1.29 is 4.74 Å². The first-order valence-electron chi connectivity index (χ1n) is 5.53. The lowest BCUT2D eigenvalue weighted by Gasteiger charge is -2.22. The van der Waals surface area contributed by atoms with Gasteiger partial charge in [-0.2, -0.15) is 0 Å². The van der Waals surface area contributed by atoms with Crippen molar-refractivity contribution in [2.45, 2.75) is 38.7 Å². The molecule has 1 saturated heterocycles. The summed E-state index contributed by atoms with van der Waals surface area (Å²) in [5, 5.41) is 0. The minimum atomic E-state index is 0.299. The fraction of sp³-hybridized carbons (Fsp3) is 0.636. The van der Waals surface area contributed by atoms with Gasteiger partial charge in [-0.25, -0.2) is 4.98 Å². The average molecular weight is 303 g/mol. The van der Waals surface area contributed by atoms with Gasteiger partial charge in [0.05, 0.1) is 10.6 Å². The van der Waals surface area contributed by atoms with E-state index in [1.165, 1.54) is 12.8 Å². The SMILES string of the molecule is Cc1[nH]c(CC2CCCCO2)nc(=S)c1Br. The summed E-state index contributed by atoms with van der Waals surface area (Å²) in [4.78, 5) is 7.62. The zero-order chi connectivity index (χ0) is 11.5. The fourth-order valence-corrected chi connectivity index (χ4v) is 2.36. The lowest BCUT2D eigenvalue weighted by Crippen LogP contribution is -2.22. The van der Waals surface area contributed by atoms with E-state index in [4.69, 9.17) is 17.0 Å². The Labute approximate surface area is 109 Å². The van der Waals surface area contributed by atoms with E-state index in [1.807, 2.05) is 6.92 Å². The Hall–Kier alpha value is -0.260. The molecule has 0 amide bonds. The number of rotatable bonds is 2. The van der Waals surface area contributed by atoms with Crippen molar-refractivity contribution in [1.29, 1.82) is 0 Å². The van der Waals surface area contributed by atoms with Crippen molar-refractivity contribution >= 4 is 28.1 Å². The second kappa shape index (κ2) is 5.38. The third kappa shape index (κ3) is 2.90. The maximum atomic E-state index is 5.69. The van der Waals surface area contributed by atoms with Crippen LogP contribution in [0, 0.1) is 11.6 Å². The van der Waals surface area contributed by atoms with Gasteiger partial charge in [-0.15, -0.1) is 0 Å². The van der Waals surface area contributed by atoms with Gasteiger partial charge in [-0.3, -0.25) is 0 Å². The average Bonchev–Trinajstić information content (AvgIpc) is 2.27. The smallest absolute Gasteiger partial charge is 0.144 e. The van der Waals surface area contributed by atoms with E-state index in [0.29, 0.717) is 10.7 Å². The maximum Gasteiger partial charge on any atom is 0.144 e. The Bertz CT molecular complexity index is 426. The lowest BCUT2D eigenvalue weighted by atomic mass is 10.1. The van der Waals surface area contributed by atoms with Gasteiger partial charge in [0, 0.05) is 18.7 Å². The normalized spacial score (nSPS) is 21.0. The molecule has 2 heterocycles. The molecule has 0 saturated carbocycles. The van der Waals surface area contributed by atoms with Crippen LogP contribution in [0.2, 0.25) is 0 Å². The molecule has 1 aliphatic rings. The van der Waals surface area contributed by atoms with Gasteiger partial charge in [0.15, 0.2) is 0 Å². The third-order valence-electron chi connectivity index (χ3n) is 2.78. The van der Waals surface area contributed by atoms with Crippen LogP contribution < -0.4 is 0 Å². The topological polar surface area (TPSA) is 37.9 Å². The highest BCUT2D eigenvalue weighted by molar-refractivity contribution is 9.10. The van der Waals surface area contributed by atoms with Crippen LogP contribution in [0.25, 0.3) is 0 Å². The largest absolute Gasteiger partial charge is 0.378 e. The molecular weight excluding hydrogens is 288 g/mol. The van der Waals surface area contributed by atoms with Crippen LogP contribution >= 0.6 is 28.1 Å². The van der Waals surface area contributed by atoms with Crippen LogP contribution in [0.15, 0.2) is 4.47 Å². The Balaban J connectivity index is 2.12. The molecule has 1 aromatic heterocycles. The second-order valence-corrected chi connectivity index (χ2v) is 5.30. The minimum Gasteiger partial charge on any atom is -0.378 e. The fourth-order valence-electron chi connectivity index (χ4n) is 1.91. The summed E-state index contributed by atoms with van der Waals surface area (Å²) in [5.74, 6) is 0.928. The van der Waals surface area contributed by atoms with Crippen LogP contribution in [-0.2, 0) is 11.2 Å². The Morgan fingerprint density at radius 3 is 3.00 bits per heavy atom. The molecule has 0 radical (unpaired) electrons. The van der Waals surface area contributed by atoms with Gasteiger partial charge in [0.1, 0.15) is 10.5 Å². The second-order valence-electron chi connectivity index (χ2n) is 4.12. The van der Waals surface area contributed by atoms with Gasteiger partial charge in [0.25, 0.3) is 0 Å². The quantitative estimate of drug-likeness (QED) is 0.852. The number of aryl methyl sites for hydroxylation is 1. The maximum absolute atomic E-state index is 5.69. The van der Waals surface area contributed by atoms with Gasteiger partial charge >= 0.3 is 0 Å². The van der Waals surface area contributed by atoms with E-state index in [2.05, 4.69) is 25.9 Å². The number of hydrogen-bond acceptors (Lipinski definition) is 3. The zero-order valence-electron chi connectivity index (χ0n) is 9.25. The highest BCUT2D eigenvalue weighted by Gasteiger charge is 2.15. The Kier molecular flexibility index (Phi) is 4.10. The van der Waals surface area contributed by atoms with Gasteiger partial charge < -0.3 is 9.72 Å². The van der Waals surface area contributed by atoms with E-state index >= 15 is 0 Å². The predicted octanol–water partition coefficient (Wildman–Crippen LogP) is 3.32. The summed E-state index contributed by atoms with van der Waals surface area (Å²) in [6.07, 6.45) is 4.68. The number of aromatic nitrogens is 2. The van der Waals surface area contributed by atoms with Crippen molar-refractivity contribution in [2.24, 2.45) is 0 Å². The van der Waals surface area contributed by atoms with Crippen LogP contribution in [0.4, 0.5) is 0 Å². The van der Waals surface area contributed by atoms with Crippen LogP contribution in [0.1, 0.15) is 30.8 Å². The minimum absolute atomic E-state index is 0.299. The molecule has 0 bridgehead atoms. The van der Waals surface area contributed by atoms with Crippen molar-refractivity contribution in [3.8, 4) is 0 Å². The first kappa shape index (κ1) is 12.2. The summed E-state index contributed by atoms with van der Waals surface area (Å²) in [6, 6.07) is 0. The van der Waals surface area contributed by atoms with Crippen molar-refractivity contribution in [1.82, 2.24) is 9.97 Å². The molecule has 88 valence electrons. The highest BCUT2D eigenvalue weighted by Crippen LogP contribution is 2.18. The molecule has 1 N–H and O–H groups in total. The van der Waals surface area contributed by atoms with E-state index in [0.717, 1.165) is 35.4 Å². The van der Waals surface area contributed by atoms with Gasteiger partial charge in [-0.1, -0.05) is 12.2 Å². The highest BCUT2D eigenvalue weighted by atomic mass is 79.9. The summed E-state index contributed by atoms with van der Waals surface area (Å²) in [7, 11) is 0. The summed E-state index contributed by atoms with van der Waals surface area (Å²) in [5.41, 5.74) is 1.03. The zero-order valence-corrected chi connectivity index (χ0v) is 11.7. The summed E-state index contributed by atoms with van der Waals surface area (Å²) < 4.78 is 7.20. The van der Waals surface area contributed by atoms with Crippen LogP contribution in [-0.4, -0.2) is 22.7 Å². The number of nitrogens with one attached hydrogen (secondary N) is 1. The van der Waals surface area contributed by atoms with Crippen LogP contribution in [0.3, 0.4) is 0 Å². The molecule has 1 fully saturated rings. The molecule has 16 heavy (non-hydrogen) atoms. The molecule has 3 nitrogen and oxygen atoms in total. The van der Waals surface area contributed by atoms with Crippen LogP contribution in [0.5, 0.6) is 0 Å². The lowest BCUT2D eigenvalue weighted by molar-refractivity contribution is 0.0156. The summed E-state index contributed by atoms with van der Waals surface area (Å²) >= 11 is 8.59. The molecule has 1 unspecified atom stereocenters. The first-order chi connectivity index (χ1) is 7.66. The number of aromatic amines is 1. The molecule has 2 rings (SSSR count). The van der Waals surface area contributed by atoms with Crippen molar-refractivity contribution in [3.63, 3.8) is 0 Å². The molecule has 1 aliphatic heterocycles. The number of halogens is 1. The number of hydrogen-bond donors (Lipinski definition) is 1. The van der Waals surface area contributed by atoms with E-state index in [1.54, 1.807) is 0 Å². The molecule has 1 atom stereocenters. The Morgan fingerprint density at radius 1 is 1.56 bits per heavy atom. The molecule has 5 heteroatoms. The first-order valence-corrected chi connectivity index (χ1v) is 6.74. The summed E-state index contributed by atoms with van der Waals surface area (Å²) in [6.45, 7) is 2.87. The van der Waals surface area contributed by atoms with Gasteiger partial charge in [0.2, 0.25) is 0 Å². The van der Waals surface area contributed by atoms with Crippen molar-refractivity contribution in [2.75, 3.05) is 6.61 Å². The predicted molar refractivity (Wildman–Crippen MR) is 69.2 cm³/mol. The molecule has 0 spiro atoms. The van der Waals surface area contributed by atoms with E-state index in [-0.39, 0.29) is 0 Å². The van der Waals surface area contributed by atoms with Gasteiger partial charge in [-0.05, 0) is 42.1 Å². The Morgan fingerprint density at radius 2 is 2.38 bits per heavy atom. The van der Waals surface area contributed by atoms with E-state index in [9.17, 15) is 0 Å². The number of H-pyrrole nitrogens is 1. The third-order valence-corrected chi connectivity index (χ3v) is 4.31. The molecule has 1 aromatic rings. The van der Waals surface area contributed by atoms with E-state index < -0.39 is 0 Å². The molecule has 0 aliphatic carbocycles.